The second-order valence-electron chi connectivity index (χ2n) is 4.26. The van der Waals surface area contributed by atoms with Gasteiger partial charge in [0.15, 0.2) is 5.16 Å². The quantitative estimate of drug-likeness (QED) is 0.805. The first-order valence-electron chi connectivity index (χ1n) is 5.76. The molecule has 7 nitrogen and oxygen atoms in total. The molecule has 2 N–H and O–H groups in total. The zero-order chi connectivity index (χ0) is 13.4. The van der Waals surface area contributed by atoms with Gasteiger partial charge in [0.1, 0.15) is 11.3 Å². The third-order valence-corrected chi connectivity index (χ3v) is 3.84. The van der Waals surface area contributed by atoms with Crippen molar-refractivity contribution in [1.82, 2.24) is 14.8 Å². The smallest absolute Gasteiger partial charge is 0.344 e. The van der Waals surface area contributed by atoms with E-state index in [4.69, 9.17) is 9.52 Å². The second kappa shape index (κ2) is 4.61. The Morgan fingerprint density at radius 3 is 3.11 bits per heavy atom. The lowest BCUT2D eigenvalue weighted by atomic mass is 10.3. The van der Waals surface area contributed by atoms with E-state index in [2.05, 4.69) is 10.2 Å². The van der Waals surface area contributed by atoms with E-state index in [1.807, 2.05) is 0 Å². The molecule has 0 spiro atoms. The first kappa shape index (κ1) is 12.1. The molecule has 3 rings (SSSR count). The number of aromatic carboxylic acids is 1. The number of aromatic amines is 1. The molecule has 0 bridgehead atoms. The molecule has 0 aromatic carbocycles. The molecule has 2 heterocycles. The number of nitrogens with zero attached hydrogens (tertiary/aromatic N) is 2. The Labute approximate surface area is 111 Å². The minimum atomic E-state index is -1.02. The summed E-state index contributed by atoms with van der Waals surface area (Å²) in [6.45, 7) is 0. The molecular weight excluding hydrogens is 270 g/mol. The molecule has 1 fully saturated rings. The SMILES string of the molecule is O=C(O)c1ccoc1CSc1n[nH]c(=O)n1C1CC1. The fourth-order valence-corrected chi connectivity index (χ4v) is 2.78. The van der Waals surface area contributed by atoms with Crippen molar-refractivity contribution < 1.29 is 14.3 Å². The predicted octanol–water partition coefficient (Wildman–Crippen LogP) is 1.49. The van der Waals surface area contributed by atoms with E-state index in [1.165, 1.54) is 24.1 Å². The van der Waals surface area contributed by atoms with Gasteiger partial charge in [-0.2, -0.15) is 0 Å². The molecule has 0 amide bonds. The Kier molecular flexibility index (Phi) is 2.94. The molecular formula is C11H11N3O4S. The van der Waals surface area contributed by atoms with Crippen molar-refractivity contribution >= 4 is 17.7 Å². The van der Waals surface area contributed by atoms with Gasteiger partial charge in [0.2, 0.25) is 0 Å². The number of H-pyrrole nitrogens is 1. The number of carboxylic acids is 1. The molecule has 0 radical (unpaired) electrons. The molecule has 2 aromatic heterocycles. The molecule has 100 valence electrons. The van der Waals surface area contributed by atoms with Gasteiger partial charge >= 0.3 is 11.7 Å². The Morgan fingerprint density at radius 1 is 1.63 bits per heavy atom. The maximum atomic E-state index is 11.6. The summed E-state index contributed by atoms with van der Waals surface area (Å²) in [5.41, 5.74) is -0.0775. The highest BCUT2D eigenvalue weighted by Gasteiger charge is 2.28. The fourth-order valence-electron chi connectivity index (χ4n) is 1.82. The number of thioether (sulfide) groups is 1. The van der Waals surface area contributed by atoms with Gasteiger partial charge in [-0.05, 0) is 18.9 Å². The molecule has 1 saturated carbocycles. The van der Waals surface area contributed by atoms with Crippen molar-refractivity contribution in [3.8, 4) is 0 Å². The Morgan fingerprint density at radius 2 is 2.42 bits per heavy atom. The number of hydrogen-bond donors (Lipinski definition) is 2. The minimum Gasteiger partial charge on any atom is -0.478 e. The van der Waals surface area contributed by atoms with E-state index in [0.717, 1.165) is 12.8 Å². The molecule has 0 unspecified atom stereocenters. The predicted molar refractivity (Wildman–Crippen MR) is 66.3 cm³/mol. The van der Waals surface area contributed by atoms with E-state index < -0.39 is 5.97 Å². The largest absolute Gasteiger partial charge is 0.478 e. The average Bonchev–Trinajstić information content (AvgIpc) is 2.97. The Balaban J connectivity index is 1.77. The summed E-state index contributed by atoms with van der Waals surface area (Å²) >= 11 is 1.29. The Hall–Kier alpha value is -1.96. The number of furan rings is 1. The summed E-state index contributed by atoms with van der Waals surface area (Å²) < 4.78 is 6.76. The molecule has 19 heavy (non-hydrogen) atoms. The second-order valence-corrected chi connectivity index (χ2v) is 5.21. The highest BCUT2D eigenvalue weighted by atomic mass is 32.2. The first-order valence-corrected chi connectivity index (χ1v) is 6.74. The van der Waals surface area contributed by atoms with E-state index in [9.17, 15) is 9.59 Å². The molecule has 8 heteroatoms. The van der Waals surface area contributed by atoms with Crippen molar-refractivity contribution in [2.75, 3.05) is 0 Å². The van der Waals surface area contributed by atoms with Crippen LogP contribution in [0.15, 0.2) is 26.7 Å². The number of carbonyl (C=O) groups is 1. The summed E-state index contributed by atoms with van der Waals surface area (Å²) in [7, 11) is 0. The van der Waals surface area contributed by atoms with Crippen LogP contribution in [-0.2, 0) is 5.75 Å². The first-order chi connectivity index (χ1) is 9.16. The zero-order valence-corrected chi connectivity index (χ0v) is 10.6. The summed E-state index contributed by atoms with van der Waals surface area (Å²) in [4.78, 5) is 22.5. The van der Waals surface area contributed by atoms with E-state index in [1.54, 1.807) is 4.57 Å². The molecule has 2 aromatic rings. The zero-order valence-electron chi connectivity index (χ0n) is 9.83. The maximum absolute atomic E-state index is 11.6. The van der Waals surface area contributed by atoms with Crippen LogP contribution < -0.4 is 5.69 Å². The van der Waals surface area contributed by atoms with Gasteiger partial charge in [-0.15, -0.1) is 5.10 Å². The van der Waals surface area contributed by atoms with Crippen molar-refractivity contribution in [3.63, 3.8) is 0 Å². The van der Waals surface area contributed by atoms with Gasteiger partial charge in [-0.25, -0.2) is 14.7 Å². The molecule has 0 aliphatic heterocycles. The molecule has 0 saturated heterocycles. The van der Waals surface area contributed by atoms with Crippen LogP contribution in [0.2, 0.25) is 0 Å². The normalized spacial score (nSPS) is 14.7. The van der Waals surface area contributed by atoms with Crippen LogP contribution >= 0.6 is 11.8 Å². The lowest BCUT2D eigenvalue weighted by molar-refractivity contribution is 0.0695. The number of hydrogen-bond acceptors (Lipinski definition) is 5. The van der Waals surface area contributed by atoms with Crippen molar-refractivity contribution in [2.24, 2.45) is 0 Å². The van der Waals surface area contributed by atoms with Crippen LogP contribution in [-0.4, -0.2) is 25.8 Å². The number of carboxylic acid groups (broad SMARTS) is 1. The third-order valence-electron chi connectivity index (χ3n) is 2.89. The van der Waals surface area contributed by atoms with Crippen molar-refractivity contribution in [2.45, 2.75) is 29.8 Å². The van der Waals surface area contributed by atoms with Crippen LogP contribution in [0.5, 0.6) is 0 Å². The number of rotatable bonds is 5. The van der Waals surface area contributed by atoms with Crippen LogP contribution in [0, 0.1) is 0 Å². The minimum absolute atomic E-state index is 0.142. The van der Waals surface area contributed by atoms with E-state index in [0.29, 0.717) is 16.7 Å². The topological polar surface area (TPSA) is 101 Å². The monoisotopic (exact) mass is 281 g/mol. The number of nitrogens with one attached hydrogen (secondary N) is 1. The van der Waals surface area contributed by atoms with E-state index in [-0.39, 0.29) is 17.3 Å². The third kappa shape index (κ3) is 2.30. The van der Waals surface area contributed by atoms with Crippen LogP contribution in [0.3, 0.4) is 0 Å². The maximum Gasteiger partial charge on any atom is 0.344 e. The lowest BCUT2D eigenvalue weighted by Crippen LogP contribution is -2.16. The van der Waals surface area contributed by atoms with Crippen LogP contribution in [0.4, 0.5) is 0 Å². The summed E-state index contributed by atoms with van der Waals surface area (Å²) in [6, 6.07) is 1.64. The standard InChI is InChI=1S/C11H11N3O4S/c15-9(16)7-3-4-18-8(7)5-19-11-13-12-10(17)14(11)6-1-2-6/h3-4,6H,1-2,5H2,(H,12,17)(H,15,16). The molecule has 1 aliphatic rings. The van der Waals surface area contributed by atoms with Crippen molar-refractivity contribution in [3.05, 3.63) is 34.1 Å². The fraction of sp³-hybridized carbons (Fsp3) is 0.364. The highest BCUT2D eigenvalue weighted by Crippen LogP contribution is 2.36. The van der Waals surface area contributed by atoms with Gasteiger partial charge in [0.25, 0.3) is 0 Å². The van der Waals surface area contributed by atoms with Crippen LogP contribution in [0.1, 0.15) is 35.0 Å². The number of aromatic nitrogens is 3. The Bertz CT molecular complexity index is 668. The lowest BCUT2D eigenvalue weighted by Gasteiger charge is -2.02. The van der Waals surface area contributed by atoms with Gasteiger partial charge < -0.3 is 9.52 Å². The highest BCUT2D eigenvalue weighted by molar-refractivity contribution is 7.98. The van der Waals surface area contributed by atoms with Crippen LogP contribution in [0.25, 0.3) is 0 Å². The van der Waals surface area contributed by atoms with Crippen molar-refractivity contribution in [1.29, 1.82) is 0 Å². The van der Waals surface area contributed by atoms with Gasteiger partial charge in [-0.1, -0.05) is 11.8 Å². The van der Waals surface area contributed by atoms with Gasteiger partial charge in [0.05, 0.1) is 12.0 Å². The molecule has 0 atom stereocenters. The average molecular weight is 281 g/mol. The summed E-state index contributed by atoms with van der Waals surface area (Å²) in [6.07, 6.45) is 3.31. The van der Waals surface area contributed by atoms with E-state index >= 15 is 0 Å². The summed E-state index contributed by atoms with van der Waals surface area (Å²) in [5, 5.41) is 15.9. The van der Waals surface area contributed by atoms with Gasteiger partial charge in [-0.3, -0.25) is 4.57 Å². The summed E-state index contributed by atoms with van der Waals surface area (Å²) in [5.74, 6) is -0.327. The molecule has 1 aliphatic carbocycles. The van der Waals surface area contributed by atoms with Gasteiger partial charge in [0, 0.05) is 6.04 Å².